The standard InChI is InChI=1S/C2H7N3O3/c3-1-2-4-8-5(6)7/h4H,1-3H2. The van der Waals surface area contributed by atoms with Crippen LogP contribution in [0, 0.1) is 10.1 Å². The fraction of sp³-hybridized carbons (Fsp3) is 1.00. The zero-order valence-electron chi connectivity index (χ0n) is 4.16. The predicted octanol–water partition coefficient (Wildman–Crippen LogP) is -1.34. The van der Waals surface area contributed by atoms with Crippen molar-refractivity contribution in [3.05, 3.63) is 10.1 Å². The van der Waals surface area contributed by atoms with Gasteiger partial charge in [0.25, 0.3) is 0 Å². The zero-order chi connectivity index (χ0) is 6.41. The van der Waals surface area contributed by atoms with E-state index < -0.39 is 5.09 Å². The molecule has 0 spiro atoms. The van der Waals surface area contributed by atoms with Gasteiger partial charge in [-0.3, -0.25) is 0 Å². The molecule has 0 aromatic heterocycles. The van der Waals surface area contributed by atoms with Crippen LogP contribution in [0.15, 0.2) is 0 Å². The molecule has 0 unspecified atom stereocenters. The van der Waals surface area contributed by atoms with Crippen molar-refractivity contribution >= 4 is 0 Å². The maximum Gasteiger partial charge on any atom is 0.311 e. The Morgan fingerprint density at radius 3 is 2.88 bits per heavy atom. The minimum Gasteiger partial charge on any atom is -0.329 e. The first kappa shape index (κ1) is 7.12. The van der Waals surface area contributed by atoms with Crippen LogP contribution in [0.4, 0.5) is 0 Å². The van der Waals surface area contributed by atoms with Crippen molar-refractivity contribution in [2.24, 2.45) is 5.73 Å². The van der Waals surface area contributed by atoms with Crippen LogP contribution in [0.5, 0.6) is 0 Å². The van der Waals surface area contributed by atoms with Gasteiger partial charge in [-0.15, -0.1) is 10.1 Å². The van der Waals surface area contributed by atoms with E-state index in [-0.39, 0.29) is 6.54 Å². The summed E-state index contributed by atoms with van der Waals surface area (Å²) >= 11 is 0. The summed E-state index contributed by atoms with van der Waals surface area (Å²) in [7, 11) is 0. The zero-order valence-corrected chi connectivity index (χ0v) is 4.16. The van der Waals surface area contributed by atoms with Gasteiger partial charge in [-0.05, 0) is 0 Å². The third-order valence-corrected chi connectivity index (χ3v) is 0.385. The summed E-state index contributed by atoms with van der Waals surface area (Å²) in [6.07, 6.45) is 0. The molecule has 0 saturated carbocycles. The SMILES string of the molecule is NCCNO[N+](=O)[O-]. The maximum atomic E-state index is 9.35. The average Bonchev–Trinajstić information content (AvgIpc) is 1.66. The van der Waals surface area contributed by atoms with Crippen molar-refractivity contribution in [2.45, 2.75) is 0 Å². The highest BCUT2D eigenvalue weighted by Crippen LogP contribution is 1.62. The summed E-state index contributed by atoms with van der Waals surface area (Å²) in [5.41, 5.74) is 6.96. The fourth-order valence-corrected chi connectivity index (χ4v) is 0.157. The van der Waals surface area contributed by atoms with Crippen LogP contribution < -0.4 is 11.2 Å². The summed E-state index contributed by atoms with van der Waals surface area (Å²) in [4.78, 5) is 13.0. The Kier molecular flexibility index (Phi) is 3.81. The van der Waals surface area contributed by atoms with E-state index in [9.17, 15) is 10.1 Å². The monoisotopic (exact) mass is 121 g/mol. The molecule has 8 heavy (non-hydrogen) atoms. The number of hydroxylamine groups is 1. The van der Waals surface area contributed by atoms with Crippen molar-refractivity contribution in [2.75, 3.05) is 13.1 Å². The first-order valence-electron chi connectivity index (χ1n) is 2.01. The highest BCUT2D eigenvalue weighted by Gasteiger charge is 1.88. The average molecular weight is 121 g/mol. The minimum atomic E-state index is -0.935. The van der Waals surface area contributed by atoms with E-state index >= 15 is 0 Å². The van der Waals surface area contributed by atoms with E-state index in [1.54, 1.807) is 0 Å². The third-order valence-electron chi connectivity index (χ3n) is 0.385. The second-order valence-corrected chi connectivity index (χ2v) is 0.998. The molecule has 0 aromatic rings. The van der Waals surface area contributed by atoms with Gasteiger partial charge in [-0.2, -0.15) is 5.48 Å². The number of rotatable bonds is 4. The normalized spacial score (nSPS) is 8.62. The molecule has 0 rings (SSSR count). The number of hydrogen-bond acceptors (Lipinski definition) is 5. The lowest BCUT2D eigenvalue weighted by Gasteiger charge is -1.94. The van der Waals surface area contributed by atoms with Gasteiger partial charge in [0.1, 0.15) is 0 Å². The topological polar surface area (TPSA) is 90.4 Å². The molecule has 0 aliphatic rings. The van der Waals surface area contributed by atoms with Gasteiger partial charge in [0.15, 0.2) is 0 Å². The van der Waals surface area contributed by atoms with Crippen LogP contribution in [-0.4, -0.2) is 18.2 Å². The molecule has 0 heterocycles. The van der Waals surface area contributed by atoms with Crippen molar-refractivity contribution in [1.29, 1.82) is 0 Å². The van der Waals surface area contributed by atoms with Crippen molar-refractivity contribution in [3.8, 4) is 0 Å². The van der Waals surface area contributed by atoms with Gasteiger partial charge in [0.05, 0.1) is 0 Å². The highest BCUT2D eigenvalue weighted by molar-refractivity contribution is 4.29. The summed E-state index contributed by atoms with van der Waals surface area (Å²) < 4.78 is 0. The first-order valence-corrected chi connectivity index (χ1v) is 2.01. The van der Waals surface area contributed by atoms with Crippen molar-refractivity contribution < 1.29 is 10.0 Å². The predicted molar refractivity (Wildman–Crippen MR) is 25.1 cm³/mol. The van der Waals surface area contributed by atoms with E-state index in [1.807, 2.05) is 5.48 Å². The van der Waals surface area contributed by atoms with E-state index in [4.69, 9.17) is 5.73 Å². The van der Waals surface area contributed by atoms with E-state index in [2.05, 4.69) is 4.94 Å². The van der Waals surface area contributed by atoms with Gasteiger partial charge < -0.3 is 5.73 Å². The van der Waals surface area contributed by atoms with Gasteiger partial charge in [0, 0.05) is 13.1 Å². The highest BCUT2D eigenvalue weighted by atomic mass is 17.0. The third kappa shape index (κ3) is 5.12. The molecule has 3 N–H and O–H groups in total. The fourth-order valence-electron chi connectivity index (χ4n) is 0.157. The lowest BCUT2D eigenvalue weighted by Crippen LogP contribution is -2.25. The molecule has 0 amide bonds. The number of hydrogen-bond donors (Lipinski definition) is 2. The molecule has 0 bridgehead atoms. The first-order chi connectivity index (χ1) is 3.77. The van der Waals surface area contributed by atoms with E-state index in [0.717, 1.165) is 0 Å². The molecule has 0 radical (unpaired) electrons. The quantitative estimate of drug-likeness (QED) is 0.273. The van der Waals surface area contributed by atoms with E-state index in [1.165, 1.54) is 0 Å². The second kappa shape index (κ2) is 4.28. The Morgan fingerprint density at radius 1 is 1.88 bits per heavy atom. The van der Waals surface area contributed by atoms with Crippen LogP contribution in [0.1, 0.15) is 0 Å². The molecule has 0 aliphatic carbocycles. The summed E-state index contributed by atoms with van der Waals surface area (Å²) in [6, 6.07) is 0. The van der Waals surface area contributed by atoms with Gasteiger partial charge in [-0.25, -0.2) is 4.94 Å². The second-order valence-electron chi connectivity index (χ2n) is 0.998. The van der Waals surface area contributed by atoms with Crippen LogP contribution in [0.25, 0.3) is 0 Å². The molecule has 0 fully saturated rings. The van der Waals surface area contributed by atoms with Crippen molar-refractivity contribution in [1.82, 2.24) is 5.48 Å². The van der Waals surface area contributed by atoms with Crippen LogP contribution in [-0.2, 0) is 4.94 Å². The van der Waals surface area contributed by atoms with Crippen LogP contribution >= 0.6 is 0 Å². The molecule has 0 aliphatic heterocycles. The Hall–Kier alpha value is -0.880. The molecular weight excluding hydrogens is 114 g/mol. The maximum absolute atomic E-state index is 9.35. The summed E-state index contributed by atoms with van der Waals surface area (Å²) in [5.74, 6) is 0. The lowest BCUT2D eigenvalue weighted by molar-refractivity contribution is -0.776. The molecule has 0 saturated heterocycles. The molecule has 6 nitrogen and oxygen atoms in total. The smallest absolute Gasteiger partial charge is 0.311 e. The summed E-state index contributed by atoms with van der Waals surface area (Å²) in [6.45, 7) is 0.592. The number of nitrogens with one attached hydrogen (secondary N) is 1. The van der Waals surface area contributed by atoms with E-state index in [0.29, 0.717) is 6.54 Å². The lowest BCUT2D eigenvalue weighted by atomic mass is 10.7. The van der Waals surface area contributed by atoms with Gasteiger partial charge in [-0.1, -0.05) is 0 Å². The van der Waals surface area contributed by atoms with Gasteiger partial charge in [0.2, 0.25) is 0 Å². The van der Waals surface area contributed by atoms with Gasteiger partial charge >= 0.3 is 5.09 Å². The Balaban J connectivity index is 2.82. The summed E-state index contributed by atoms with van der Waals surface area (Å²) in [5, 5.41) is 8.42. The molecule has 48 valence electrons. The molecule has 0 atom stereocenters. The van der Waals surface area contributed by atoms with Crippen LogP contribution in [0.3, 0.4) is 0 Å². The Morgan fingerprint density at radius 2 is 2.50 bits per heavy atom. The number of nitrogens with two attached hydrogens (primary N) is 1. The Bertz CT molecular complexity index is 74.9. The van der Waals surface area contributed by atoms with Crippen LogP contribution in [0.2, 0.25) is 0 Å². The Labute approximate surface area is 45.7 Å². The van der Waals surface area contributed by atoms with Crippen molar-refractivity contribution in [3.63, 3.8) is 0 Å². The number of nitrogens with zero attached hydrogens (tertiary/aromatic N) is 1. The largest absolute Gasteiger partial charge is 0.329 e. The molecular formula is C2H7N3O3. The minimum absolute atomic E-state index is 0.279. The molecule has 6 heteroatoms. The molecule has 0 aromatic carbocycles.